The Labute approximate surface area is 222 Å². The summed E-state index contributed by atoms with van der Waals surface area (Å²) < 4.78 is 24.6. The van der Waals surface area contributed by atoms with Gasteiger partial charge in [-0.1, -0.05) is 11.6 Å². The topological polar surface area (TPSA) is 95.1 Å². The molecule has 10 heteroatoms. The van der Waals surface area contributed by atoms with Gasteiger partial charge in [-0.05, 0) is 50.8 Å². The number of aliphatic hydroxyl groups is 1. The first kappa shape index (κ1) is 24.5. The highest BCUT2D eigenvalue weighted by Gasteiger charge is 2.25. The largest absolute Gasteiger partial charge is 0.439 e. The average Bonchev–Trinajstić information content (AvgIpc) is 3.23. The number of hydrogen-bond acceptors (Lipinski definition) is 6. The van der Waals surface area contributed by atoms with Gasteiger partial charge in [-0.25, -0.2) is 14.4 Å². The van der Waals surface area contributed by atoms with Gasteiger partial charge in [-0.3, -0.25) is 9.78 Å². The van der Waals surface area contributed by atoms with Crippen LogP contribution in [0.15, 0.2) is 53.7 Å². The molecule has 1 aliphatic rings. The number of aliphatic hydroxyl groups excluding tert-OH is 1. The van der Waals surface area contributed by atoms with Gasteiger partial charge in [0.1, 0.15) is 29.2 Å². The van der Waals surface area contributed by atoms with Crippen molar-refractivity contribution >= 4 is 33.5 Å². The summed E-state index contributed by atoms with van der Waals surface area (Å²) in [6.07, 6.45) is 5.96. The highest BCUT2D eigenvalue weighted by Crippen LogP contribution is 2.39. The smallest absolute Gasteiger partial charge is 0.256 e. The maximum Gasteiger partial charge on any atom is 0.256 e. The number of hydrogen-bond donors (Lipinski definition) is 1. The Morgan fingerprint density at radius 3 is 2.58 bits per heavy atom. The quantitative estimate of drug-likeness (QED) is 0.318. The summed E-state index contributed by atoms with van der Waals surface area (Å²) in [6.45, 7) is 1.97. The molecule has 0 aliphatic heterocycles. The van der Waals surface area contributed by atoms with Gasteiger partial charge >= 0.3 is 0 Å². The Bertz CT molecular complexity index is 1760. The molecule has 0 unspecified atom stereocenters. The van der Waals surface area contributed by atoms with Crippen LogP contribution in [0.4, 0.5) is 4.39 Å². The number of rotatable bonds is 4. The summed E-state index contributed by atoms with van der Waals surface area (Å²) >= 11 is 6.61. The van der Waals surface area contributed by atoms with E-state index in [2.05, 4.69) is 14.5 Å². The zero-order valence-corrected chi connectivity index (χ0v) is 21.6. The lowest BCUT2D eigenvalue weighted by molar-refractivity contribution is 0.111. The van der Waals surface area contributed by atoms with E-state index >= 15 is 4.39 Å². The lowest BCUT2D eigenvalue weighted by Gasteiger charge is -2.28. The van der Waals surface area contributed by atoms with Gasteiger partial charge < -0.3 is 19.0 Å². The van der Waals surface area contributed by atoms with Crippen molar-refractivity contribution in [3.05, 3.63) is 75.9 Å². The van der Waals surface area contributed by atoms with Gasteiger partial charge in [0.25, 0.3) is 5.56 Å². The molecule has 0 spiro atoms. The number of imidazole rings is 1. The Balaban J connectivity index is 1.43. The van der Waals surface area contributed by atoms with Gasteiger partial charge in [-0.15, -0.1) is 0 Å². The molecule has 1 fully saturated rings. The van der Waals surface area contributed by atoms with Crippen molar-refractivity contribution in [2.75, 3.05) is 0 Å². The van der Waals surface area contributed by atoms with E-state index in [0.29, 0.717) is 22.4 Å². The van der Waals surface area contributed by atoms with E-state index in [9.17, 15) is 9.90 Å². The van der Waals surface area contributed by atoms with E-state index in [4.69, 9.17) is 21.3 Å². The van der Waals surface area contributed by atoms with Gasteiger partial charge in [0, 0.05) is 41.7 Å². The first-order chi connectivity index (χ1) is 18.3. The van der Waals surface area contributed by atoms with Crippen molar-refractivity contribution in [2.24, 2.45) is 7.05 Å². The standard InChI is InChI=1S/C28H25ClFN5O3/c1-15-33-25-13-31-24-11-23(30)20(10-21(24)28(25)35(15)16-3-5-17(36)6-4-16)19-8-7-18(9-22(19)29)38-26-12-27(37)34(2)14-32-26/h7-14,16-17,36H,3-6H2,1-2H3/t16-,17-. The molecular formula is C28H25ClFN5O3. The van der Waals surface area contributed by atoms with Gasteiger partial charge in [-0.2, -0.15) is 0 Å². The zero-order chi connectivity index (χ0) is 26.6. The summed E-state index contributed by atoms with van der Waals surface area (Å²) in [7, 11) is 1.60. The van der Waals surface area contributed by atoms with Crippen molar-refractivity contribution in [3.8, 4) is 22.8 Å². The van der Waals surface area contributed by atoms with E-state index < -0.39 is 5.82 Å². The van der Waals surface area contributed by atoms with E-state index in [-0.39, 0.29) is 28.6 Å². The summed E-state index contributed by atoms with van der Waals surface area (Å²) in [5.41, 5.74) is 2.76. The van der Waals surface area contributed by atoms with Crippen LogP contribution in [0.5, 0.6) is 11.6 Å². The molecule has 2 aromatic carbocycles. The lowest BCUT2D eigenvalue weighted by atomic mass is 9.92. The minimum Gasteiger partial charge on any atom is -0.439 e. The first-order valence-corrected chi connectivity index (χ1v) is 12.8. The molecule has 1 N–H and O–H groups in total. The third-order valence-corrected chi connectivity index (χ3v) is 7.53. The Morgan fingerprint density at radius 1 is 1.05 bits per heavy atom. The molecule has 38 heavy (non-hydrogen) atoms. The minimum absolute atomic E-state index is 0.140. The highest BCUT2D eigenvalue weighted by atomic mass is 35.5. The maximum absolute atomic E-state index is 15.4. The van der Waals surface area contributed by atoms with Crippen molar-refractivity contribution < 1.29 is 14.2 Å². The SMILES string of the molecule is Cc1nc2cnc3cc(F)c(-c4ccc(Oc5cc(=O)n(C)cn5)cc4Cl)cc3c2n1[C@H]1CC[C@H](O)CC1. The van der Waals surface area contributed by atoms with Gasteiger partial charge in [0.2, 0.25) is 5.88 Å². The maximum atomic E-state index is 15.4. The van der Waals surface area contributed by atoms with Crippen LogP contribution in [0, 0.1) is 12.7 Å². The Kier molecular flexibility index (Phi) is 6.12. The lowest BCUT2D eigenvalue weighted by Crippen LogP contribution is -2.21. The second-order valence-electron chi connectivity index (χ2n) is 9.75. The molecule has 3 heterocycles. The molecule has 0 bridgehead atoms. The van der Waals surface area contributed by atoms with Crippen LogP contribution >= 0.6 is 11.6 Å². The molecule has 5 aromatic rings. The molecule has 0 atom stereocenters. The molecule has 6 rings (SSSR count). The fraction of sp³-hybridized carbons (Fsp3) is 0.286. The monoisotopic (exact) mass is 533 g/mol. The molecule has 3 aromatic heterocycles. The van der Waals surface area contributed by atoms with Crippen molar-refractivity contribution in [1.82, 2.24) is 24.1 Å². The minimum atomic E-state index is -0.447. The summed E-state index contributed by atoms with van der Waals surface area (Å²) in [5, 5.41) is 11.1. The van der Waals surface area contributed by atoms with E-state index in [1.54, 1.807) is 37.5 Å². The summed E-state index contributed by atoms with van der Waals surface area (Å²) in [6, 6.07) is 9.59. The van der Waals surface area contributed by atoms with E-state index in [0.717, 1.165) is 47.9 Å². The molecule has 194 valence electrons. The second kappa shape index (κ2) is 9.49. The number of ether oxygens (including phenoxy) is 1. The molecule has 8 nitrogen and oxygen atoms in total. The summed E-state index contributed by atoms with van der Waals surface area (Å²) in [5.74, 6) is 0.932. The van der Waals surface area contributed by atoms with Crippen molar-refractivity contribution in [3.63, 3.8) is 0 Å². The van der Waals surface area contributed by atoms with E-state index in [1.165, 1.54) is 23.0 Å². The van der Waals surface area contributed by atoms with Crippen molar-refractivity contribution in [2.45, 2.75) is 44.8 Å². The zero-order valence-electron chi connectivity index (χ0n) is 20.9. The molecule has 0 radical (unpaired) electrons. The normalized spacial score (nSPS) is 17.8. The predicted octanol–water partition coefficient (Wildman–Crippen LogP) is 5.71. The third-order valence-electron chi connectivity index (χ3n) is 7.22. The fourth-order valence-electron chi connectivity index (χ4n) is 5.28. The highest BCUT2D eigenvalue weighted by molar-refractivity contribution is 6.33. The van der Waals surface area contributed by atoms with Crippen LogP contribution in [-0.4, -0.2) is 35.3 Å². The average molecular weight is 534 g/mol. The molecule has 1 saturated carbocycles. The van der Waals surface area contributed by atoms with Crippen LogP contribution in [0.1, 0.15) is 37.5 Å². The van der Waals surface area contributed by atoms with Gasteiger partial charge in [0.05, 0.1) is 34.4 Å². The number of nitrogens with zero attached hydrogens (tertiary/aromatic N) is 5. The predicted molar refractivity (Wildman–Crippen MR) is 143 cm³/mol. The molecule has 1 aliphatic carbocycles. The number of pyridine rings is 1. The Morgan fingerprint density at radius 2 is 1.84 bits per heavy atom. The van der Waals surface area contributed by atoms with Crippen LogP contribution in [-0.2, 0) is 7.05 Å². The molecular weight excluding hydrogens is 509 g/mol. The number of halogens is 2. The van der Waals surface area contributed by atoms with Crippen molar-refractivity contribution in [1.29, 1.82) is 0 Å². The number of fused-ring (bicyclic) bond motifs is 3. The Hall–Kier alpha value is -3.82. The molecule has 0 amide bonds. The van der Waals surface area contributed by atoms with Crippen LogP contribution in [0.3, 0.4) is 0 Å². The summed E-state index contributed by atoms with van der Waals surface area (Å²) in [4.78, 5) is 25.2. The fourth-order valence-corrected chi connectivity index (χ4v) is 5.56. The number of aromatic nitrogens is 5. The second-order valence-corrected chi connectivity index (χ2v) is 10.2. The van der Waals surface area contributed by atoms with Gasteiger partial charge in [0.15, 0.2) is 0 Å². The van der Waals surface area contributed by atoms with Crippen LogP contribution in [0.2, 0.25) is 5.02 Å². The first-order valence-electron chi connectivity index (χ1n) is 12.4. The van der Waals surface area contributed by atoms with E-state index in [1.807, 2.05) is 6.92 Å². The number of benzene rings is 2. The number of aryl methyl sites for hydroxylation is 2. The van der Waals surface area contributed by atoms with Crippen LogP contribution < -0.4 is 10.3 Å². The van der Waals surface area contributed by atoms with Crippen LogP contribution in [0.25, 0.3) is 33.1 Å². The third kappa shape index (κ3) is 4.31. The molecule has 0 saturated heterocycles.